The van der Waals surface area contributed by atoms with Gasteiger partial charge >= 0.3 is 0 Å². The fraction of sp³-hybridized carbons (Fsp3) is 0.688. The fourth-order valence-electron chi connectivity index (χ4n) is 2.82. The van der Waals surface area contributed by atoms with Crippen molar-refractivity contribution in [3.8, 4) is 0 Å². The summed E-state index contributed by atoms with van der Waals surface area (Å²) < 4.78 is 0. The number of carbonyl (C=O) groups excluding carboxylic acids is 2. The summed E-state index contributed by atoms with van der Waals surface area (Å²) in [5.41, 5.74) is 0.793. The molecule has 1 aliphatic heterocycles. The Morgan fingerprint density at radius 3 is 2.95 bits per heavy atom. The van der Waals surface area contributed by atoms with E-state index in [2.05, 4.69) is 11.9 Å². The lowest BCUT2D eigenvalue weighted by Gasteiger charge is -2.21. The zero-order chi connectivity index (χ0) is 15.5. The van der Waals surface area contributed by atoms with Gasteiger partial charge in [-0.1, -0.05) is 6.92 Å². The lowest BCUT2D eigenvalue weighted by atomic mass is 10.2. The van der Waals surface area contributed by atoms with Crippen LogP contribution in [0.5, 0.6) is 0 Å². The van der Waals surface area contributed by atoms with Crippen molar-refractivity contribution in [2.24, 2.45) is 5.92 Å². The third-order valence-electron chi connectivity index (χ3n) is 4.20. The van der Waals surface area contributed by atoms with Crippen molar-refractivity contribution in [1.82, 2.24) is 9.88 Å². The molecule has 1 aliphatic carbocycles. The van der Waals surface area contributed by atoms with Crippen LogP contribution in [0.1, 0.15) is 44.7 Å². The zero-order valence-corrected chi connectivity index (χ0v) is 13.9. The lowest BCUT2D eigenvalue weighted by molar-refractivity contribution is -0.130. The predicted molar refractivity (Wildman–Crippen MR) is 87.0 cm³/mol. The van der Waals surface area contributed by atoms with E-state index in [1.165, 1.54) is 24.2 Å². The van der Waals surface area contributed by atoms with Crippen molar-refractivity contribution in [3.63, 3.8) is 0 Å². The third-order valence-corrected chi connectivity index (χ3v) is 5.11. The van der Waals surface area contributed by atoms with Crippen LogP contribution in [0.3, 0.4) is 0 Å². The van der Waals surface area contributed by atoms with Gasteiger partial charge in [0.25, 0.3) is 0 Å². The van der Waals surface area contributed by atoms with Gasteiger partial charge in [0.15, 0.2) is 5.13 Å². The number of aromatic nitrogens is 1. The lowest BCUT2D eigenvalue weighted by Crippen LogP contribution is -2.34. The average molecular weight is 321 g/mol. The molecule has 2 amide bonds. The molecule has 5 nitrogen and oxygen atoms in total. The molecule has 0 atom stereocenters. The highest BCUT2D eigenvalue weighted by molar-refractivity contribution is 7.14. The fourth-order valence-corrected chi connectivity index (χ4v) is 3.69. The Morgan fingerprint density at radius 2 is 2.32 bits per heavy atom. The Labute approximate surface area is 135 Å². The van der Waals surface area contributed by atoms with Gasteiger partial charge in [0.05, 0.1) is 12.1 Å². The van der Waals surface area contributed by atoms with Gasteiger partial charge < -0.3 is 4.90 Å². The number of thiazole rings is 1. The van der Waals surface area contributed by atoms with Gasteiger partial charge in [0.2, 0.25) is 11.8 Å². The summed E-state index contributed by atoms with van der Waals surface area (Å²) in [5.74, 6) is 1.02. The van der Waals surface area contributed by atoms with Gasteiger partial charge in [0, 0.05) is 31.4 Å². The van der Waals surface area contributed by atoms with Crippen LogP contribution in [0.2, 0.25) is 0 Å². The Balaban J connectivity index is 1.60. The second-order valence-corrected chi connectivity index (χ2v) is 7.07. The minimum Gasteiger partial charge on any atom is -0.342 e. The van der Waals surface area contributed by atoms with Crippen LogP contribution in [0.25, 0.3) is 0 Å². The van der Waals surface area contributed by atoms with Crippen molar-refractivity contribution in [2.45, 2.75) is 45.4 Å². The first-order chi connectivity index (χ1) is 10.7. The number of hydrogen-bond acceptors (Lipinski definition) is 4. The normalized spacial score (nSPS) is 18.0. The van der Waals surface area contributed by atoms with Crippen LogP contribution in [-0.2, 0) is 16.0 Å². The summed E-state index contributed by atoms with van der Waals surface area (Å²) in [6.07, 6.45) is 5.36. The van der Waals surface area contributed by atoms with E-state index in [0.717, 1.165) is 43.3 Å². The molecule has 0 spiro atoms. The van der Waals surface area contributed by atoms with E-state index in [1.807, 2.05) is 10.3 Å². The molecule has 6 heteroatoms. The summed E-state index contributed by atoms with van der Waals surface area (Å²) in [4.78, 5) is 32.4. The molecule has 3 rings (SSSR count). The topological polar surface area (TPSA) is 53.5 Å². The van der Waals surface area contributed by atoms with E-state index in [0.29, 0.717) is 18.8 Å². The smallest absolute Gasteiger partial charge is 0.228 e. The number of hydrogen-bond donors (Lipinski definition) is 0. The molecule has 0 aromatic carbocycles. The molecule has 0 unspecified atom stereocenters. The maximum atomic E-state index is 12.5. The number of carbonyl (C=O) groups is 2. The Bertz CT molecular complexity index is 553. The Morgan fingerprint density at radius 1 is 1.50 bits per heavy atom. The molecule has 1 saturated heterocycles. The SMILES string of the molecule is CCCN(CC1CC1)C(=O)Cc1csc(N2CCCC2=O)n1. The highest BCUT2D eigenvalue weighted by atomic mass is 32.1. The van der Waals surface area contributed by atoms with Crippen LogP contribution < -0.4 is 4.90 Å². The van der Waals surface area contributed by atoms with E-state index < -0.39 is 0 Å². The van der Waals surface area contributed by atoms with Crippen molar-refractivity contribution < 1.29 is 9.59 Å². The van der Waals surface area contributed by atoms with Crippen LogP contribution >= 0.6 is 11.3 Å². The molecule has 0 bridgehead atoms. The molecule has 1 aromatic heterocycles. The number of nitrogens with zero attached hydrogens (tertiary/aromatic N) is 3. The van der Waals surface area contributed by atoms with Gasteiger partial charge in [0.1, 0.15) is 0 Å². The molecular formula is C16H23N3O2S. The molecule has 0 N–H and O–H groups in total. The minimum atomic E-state index is 0.147. The first-order valence-electron chi connectivity index (χ1n) is 8.20. The van der Waals surface area contributed by atoms with Crippen molar-refractivity contribution >= 4 is 28.3 Å². The second kappa shape index (κ2) is 6.77. The van der Waals surface area contributed by atoms with Crippen molar-refractivity contribution in [1.29, 1.82) is 0 Å². The van der Waals surface area contributed by atoms with Gasteiger partial charge in [-0.15, -0.1) is 11.3 Å². The summed E-state index contributed by atoms with van der Waals surface area (Å²) in [6.45, 7) is 4.59. The van der Waals surface area contributed by atoms with Crippen molar-refractivity contribution in [2.75, 3.05) is 24.5 Å². The quantitative estimate of drug-likeness (QED) is 0.775. The van der Waals surface area contributed by atoms with E-state index >= 15 is 0 Å². The summed E-state index contributed by atoms with van der Waals surface area (Å²) in [5, 5.41) is 2.66. The van der Waals surface area contributed by atoms with E-state index in [4.69, 9.17) is 0 Å². The molecular weight excluding hydrogens is 298 g/mol. The van der Waals surface area contributed by atoms with Crippen LogP contribution in [0.4, 0.5) is 5.13 Å². The molecule has 22 heavy (non-hydrogen) atoms. The van der Waals surface area contributed by atoms with E-state index in [-0.39, 0.29) is 11.8 Å². The zero-order valence-electron chi connectivity index (χ0n) is 13.1. The number of rotatable bonds is 7. The van der Waals surface area contributed by atoms with Crippen LogP contribution in [0, 0.1) is 5.92 Å². The molecule has 2 aliphatic rings. The highest BCUT2D eigenvalue weighted by Gasteiger charge is 2.27. The highest BCUT2D eigenvalue weighted by Crippen LogP contribution is 2.30. The Hall–Kier alpha value is -1.43. The molecule has 1 aromatic rings. The predicted octanol–water partition coefficient (Wildman–Crippen LogP) is 2.46. The van der Waals surface area contributed by atoms with Crippen LogP contribution in [0.15, 0.2) is 5.38 Å². The third kappa shape index (κ3) is 3.66. The van der Waals surface area contributed by atoms with Gasteiger partial charge in [-0.25, -0.2) is 4.98 Å². The minimum absolute atomic E-state index is 0.147. The number of amides is 2. The second-order valence-electron chi connectivity index (χ2n) is 6.23. The molecule has 120 valence electrons. The number of anilines is 1. The maximum absolute atomic E-state index is 12.5. The summed E-state index contributed by atoms with van der Waals surface area (Å²) in [6, 6.07) is 0. The van der Waals surface area contributed by atoms with Gasteiger partial charge in [-0.2, -0.15) is 0 Å². The molecule has 2 fully saturated rings. The summed E-state index contributed by atoms with van der Waals surface area (Å²) in [7, 11) is 0. The standard InChI is InChI=1S/C16H23N3O2S/c1-2-7-18(10-12-5-6-12)15(21)9-13-11-22-16(17-13)19-8-3-4-14(19)20/h11-12H,2-10H2,1H3. The molecule has 2 heterocycles. The first-order valence-corrected chi connectivity index (χ1v) is 9.08. The van der Waals surface area contributed by atoms with E-state index in [9.17, 15) is 9.59 Å². The maximum Gasteiger partial charge on any atom is 0.228 e. The van der Waals surface area contributed by atoms with Gasteiger partial charge in [-0.3, -0.25) is 14.5 Å². The van der Waals surface area contributed by atoms with Crippen molar-refractivity contribution in [3.05, 3.63) is 11.1 Å². The molecule has 1 saturated carbocycles. The molecule has 0 radical (unpaired) electrons. The largest absolute Gasteiger partial charge is 0.342 e. The van der Waals surface area contributed by atoms with Gasteiger partial charge in [-0.05, 0) is 31.6 Å². The van der Waals surface area contributed by atoms with Crippen LogP contribution in [-0.4, -0.2) is 41.3 Å². The first kappa shape index (κ1) is 15.5. The average Bonchev–Trinajstić information content (AvgIpc) is 3.02. The monoisotopic (exact) mass is 321 g/mol. The Kier molecular flexibility index (Phi) is 4.76. The van der Waals surface area contributed by atoms with E-state index in [1.54, 1.807) is 4.90 Å². The summed E-state index contributed by atoms with van der Waals surface area (Å²) >= 11 is 1.47.